The summed E-state index contributed by atoms with van der Waals surface area (Å²) in [5.74, 6) is 0. The third kappa shape index (κ3) is 2.48. The van der Waals surface area contributed by atoms with Gasteiger partial charge in [-0.3, -0.25) is 0 Å². The van der Waals surface area contributed by atoms with Crippen molar-refractivity contribution in [2.24, 2.45) is 0 Å². The SMILES string of the molecule is Brc1ccc2oc3c4c(ccc3c2c1)C1(c2ccccc2-c2ccccc21)c1ccccc1-4.CC. The molecule has 2 aliphatic rings. The third-order valence-corrected chi connectivity index (χ3v) is 8.05. The smallest absolute Gasteiger partial charge is 0.143 e. The van der Waals surface area contributed by atoms with Crippen LogP contribution in [0.25, 0.3) is 44.2 Å². The van der Waals surface area contributed by atoms with Gasteiger partial charge in [0.05, 0.1) is 5.41 Å². The fraction of sp³-hybridized carbons (Fsp3) is 0.0909. The van der Waals surface area contributed by atoms with Gasteiger partial charge in [-0.15, -0.1) is 0 Å². The van der Waals surface area contributed by atoms with Gasteiger partial charge in [0.15, 0.2) is 0 Å². The van der Waals surface area contributed by atoms with Crippen LogP contribution >= 0.6 is 15.9 Å². The molecule has 0 radical (unpaired) electrons. The highest BCUT2D eigenvalue weighted by atomic mass is 79.9. The molecule has 0 saturated carbocycles. The zero-order valence-corrected chi connectivity index (χ0v) is 21.2. The van der Waals surface area contributed by atoms with Gasteiger partial charge in [-0.1, -0.05) is 115 Å². The van der Waals surface area contributed by atoms with Crippen molar-refractivity contribution in [3.05, 3.63) is 130 Å². The van der Waals surface area contributed by atoms with E-state index in [1.54, 1.807) is 0 Å². The maximum absolute atomic E-state index is 6.56. The lowest BCUT2D eigenvalue weighted by Crippen LogP contribution is -2.25. The molecule has 168 valence electrons. The van der Waals surface area contributed by atoms with Crippen molar-refractivity contribution < 1.29 is 4.42 Å². The average molecular weight is 515 g/mol. The molecule has 1 spiro atoms. The molecule has 1 heterocycles. The summed E-state index contributed by atoms with van der Waals surface area (Å²) >= 11 is 3.63. The van der Waals surface area contributed by atoms with Crippen LogP contribution in [0.5, 0.6) is 0 Å². The largest absolute Gasteiger partial charge is 0.455 e. The lowest BCUT2D eigenvalue weighted by Gasteiger charge is -2.30. The van der Waals surface area contributed by atoms with Crippen LogP contribution in [0, 0.1) is 0 Å². The average Bonchev–Trinajstić information content (AvgIpc) is 3.53. The van der Waals surface area contributed by atoms with Gasteiger partial charge in [0.2, 0.25) is 0 Å². The summed E-state index contributed by atoms with van der Waals surface area (Å²) in [6, 6.07) is 37.5. The third-order valence-electron chi connectivity index (χ3n) is 7.56. The second-order valence-electron chi connectivity index (χ2n) is 8.99. The summed E-state index contributed by atoms with van der Waals surface area (Å²) in [5.41, 5.74) is 12.1. The Morgan fingerprint density at radius 2 is 1.14 bits per heavy atom. The number of furan rings is 1. The molecule has 1 aromatic heterocycles. The van der Waals surface area contributed by atoms with Crippen LogP contribution in [0.1, 0.15) is 36.1 Å². The van der Waals surface area contributed by atoms with Crippen LogP contribution in [0.4, 0.5) is 0 Å². The molecule has 35 heavy (non-hydrogen) atoms. The monoisotopic (exact) mass is 514 g/mol. The number of fused-ring (bicyclic) bond motifs is 14. The second-order valence-corrected chi connectivity index (χ2v) is 9.91. The van der Waals surface area contributed by atoms with Crippen molar-refractivity contribution in [2.45, 2.75) is 19.3 Å². The van der Waals surface area contributed by atoms with Crippen molar-refractivity contribution in [1.29, 1.82) is 0 Å². The van der Waals surface area contributed by atoms with E-state index in [0.717, 1.165) is 26.4 Å². The minimum absolute atomic E-state index is 0.327. The molecule has 0 saturated heterocycles. The van der Waals surface area contributed by atoms with Gasteiger partial charge in [0.1, 0.15) is 11.2 Å². The highest BCUT2D eigenvalue weighted by Crippen LogP contribution is 2.63. The molecule has 2 aliphatic carbocycles. The Labute approximate surface area is 213 Å². The first-order chi connectivity index (χ1) is 17.3. The standard InChI is InChI=1S/C31H17BrO.C2H6/c32-18-13-16-28-23(17-18)21-14-15-27-29(30(21)33-28)22-9-3-6-12-26(22)31(27)24-10-4-1-7-19(24)20-8-2-5-11-25(20)31;1-2/h1-17H;1-2H3. The van der Waals surface area contributed by atoms with Crippen molar-refractivity contribution in [3.8, 4) is 22.3 Å². The Bertz CT molecular complexity index is 1740. The van der Waals surface area contributed by atoms with Gasteiger partial charge in [-0.05, 0) is 57.1 Å². The van der Waals surface area contributed by atoms with E-state index in [-0.39, 0.29) is 5.41 Å². The molecule has 0 fully saturated rings. The minimum atomic E-state index is -0.327. The van der Waals surface area contributed by atoms with Crippen LogP contribution in [-0.2, 0) is 5.41 Å². The van der Waals surface area contributed by atoms with Gasteiger partial charge in [0, 0.05) is 20.8 Å². The molecule has 0 unspecified atom stereocenters. The number of benzene rings is 5. The molecule has 8 rings (SSSR count). The predicted molar refractivity (Wildman–Crippen MR) is 149 cm³/mol. The molecule has 5 aromatic carbocycles. The molecular weight excluding hydrogens is 492 g/mol. The van der Waals surface area contributed by atoms with Gasteiger partial charge in [0.25, 0.3) is 0 Å². The van der Waals surface area contributed by atoms with Gasteiger partial charge in [-0.2, -0.15) is 0 Å². The van der Waals surface area contributed by atoms with E-state index in [1.807, 2.05) is 19.9 Å². The molecule has 6 aromatic rings. The maximum Gasteiger partial charge on any atom is 0.143 e. The zero-order chi connectivity index (χ0) is 23.7. The number of hydrogen-bond donors (Lipinski definition) is 0. The fourth-order valence-corrected chi connectivity index (χ4v) is 6.74. The first-order valence-corrected chi connectivity index (χ1v) is 13.0. The molecule has 0 aliphatic heterocycles. The van der Waals surface area contributed by atoms with Gasteiger partial charge in [-0.25, -0.2) is 0 Å². The highest BCUT2D eigenvalue weighted by molar-refractivity contribution is 9.10. The van der Waals surface area contributed by atoms with E-state index in [0.29, 0.717) is 0 Å². The topological polar surface area (TPSA) is 13.1 Å². The van der Waals surface area contributed by atoms with Crippen LogP contribution in [-0.4, -0.2) is 0 Å². The Kier molecular flexibility index (Phi) is 4.40. The molecular formula is C33H23BrO. The molecule has 0 amide bonds. The van der Waals surface area contributed by atoms with Crippen LogP contribution in [0.3, 0.4) is 0 Å². The lowest BCUT2D eigenvalue weighted by atomic mass is 9.70. The van der Waals surface area contributed by atoms with Crippen LogP contribution in [0.15, 0.2) is 112 Å². The lowest BCUT2D eigenvalue weighted by molar-refractivity contribution is 0.669. The van der Waals surface area contributed by atoms with E-state index in [1.165, 1.54) is 44.5 Å². The summed E-state index contributed by atoms with van der Waals surface area (Å²) < 4.78 is 7.63. The minimum Gasteiger partial charge on any atom is -0.455 e. The molecule has 2 heteroatoms. The van der Waals surface area contributed by atoms with E-state index in [2.05, 4.69) is 113 Å². The summed E-state index contributed by atoms with van der Waals surface area (Å²) in [5, 5.41) is 2.31. The normalized spacial score (nSPS) is 13.8. The molecule has 0 atom stereocenters. The summed E-state index contributed by atoms with van der Waals surface area (Å²) in [6.07, 6.45) is 0. The number of rotatable bonds is 0. The quantitative estimate of drug-likeness (QED) is 0.196. The van der Waals surface area contributed by atoms with Gasteiger partial charge >= 0.3 is 0 Å². The van der Waals surface area contributed by atoms with Crippen LogP contribution < -0.4 is 0 Å². The van der Waals surface area contributed by atoms with E-state index >= 15 is 0 Å². The maximum atomic E-state index is 6.56. The van der Waals surface area contributed by atoms with Crippen molar-refractivity contribution in [1.82, 2.24) is 0 Å². The highest BCUT2D eigenvalue weighted by Gasteiger charge is 2.52. The first-order valence-electron chi connectivity index (χ1n) is 12.2. The van der Waals surface area contributed by atoms with E-state index in [9.17, 15) is 0 Å². The van der Waals surface area contributed by atoms with Crippen molar-refractivity contribution in [3.63, 3.8) is 0 Å². The molecule has 0 bridgehead atoms. The van der Waals surface area contributed by atoms with Crippen LogP contribution in [0.2, 0.25) is 0 Å². The Hall–Kier alpha value is -3.62. The summed E-state index contributed by atoms with van der Waals surface area (Å²) in [4.78, 5) is 0. The zero-order valence-electron chi connectivity index (χ0n) is 19.6. The Morgan fingerprint density at radius 1 is 0.571 bits per heavy atom. The summed E-state index contributed by atoms with van der Waals surface area (Å²) in [7, 11) is 0. The fourth-order valence-electron chi connectivity index (χ4n) is 6.38. The Balaban J connectivity index is 0.00000103. The second kappa shape index (κ2) is 7.44. The number of halogens is 1. The first kappa shape index (κ1) is 20.7. The Morgan fingerprint density at radius 3 is 1.80 bits per heavy atom. The predicted octanol–water partition coefficient (Wildman–Crippen LogP) is 9.72. The van der Waals surface area contributed by atoms with Crippen molar-refractivity contribution >= 4 is 37.9 Å². The molecule has 0 N–H and O–H groups in total. The summed E-state index contributed by atoms with van der Waals surface area (Å²) in [6.45, 7) is 4.00. The molecule has 1 nitrogen and oxygen atoms in total. The number of hydrogen-bond acceptors (Lipinski definition) is 1. The van der Waals surface area contributed by atoms with E-state index in [4.69, 9.17) is 4.42 Å². The van der Waals surface area contributed by atoms with Gasteiger partial charge < -0.3 is 4.42 Å². The van der Waals surface area contributed by atoms with E-state index < -0.39 is 0 Å². The van der Waals surface area contributed by atoms with Crippen molar-refractivity contribution in [2.75, 3.05) is 0 Å².